The number of hydrogen-bond donors (Lipinski definition) is 2. The molecule has 19 heavy (non-hydrogen) atoms. The molecule has 2 aliphatic rings. The highest BCUT2D eigenvalue weighted by Gasteiger charge is 2.25. The number of rotatable bonds is 5. The van der Waals surface area contributed by atoms with Gasteiger partial charge in [0.2, 0.25) is 5.91 Å². The lowest BCUT2D eigenvalue weighted by atomic mass is 9.83. The number of ether oxygens (including phenoxy) is 1. The van der Waals surface area contributed by atoms with Crippen LogP contribution in [0.4, 0.5) is 0 Å². The van der Waals surface area contributed by atoms with Crippen molar-refractivity contribution >= 4 is 5.91 Å². The van der Waals surface area contributed by atoms with Gasteiger partial charge in [-0.15, -0.1) is 0 Å². The normalized spacial score (nSPS) is 24.1. The molecule has 1 aliphatic carbocycles. The second kappa shape index (κ2) is 7.85. The SMILES string of the molecule is NCC(NC(=O)CC1CCOCC1)C1CCCCC1. The minimum Gasteiger partial charge on any atom is -0.381 e. The van der Waals surface area contributed by atoms with E-state index in [9.17, 15) is 4.79 Å². The van der Waals surface area contributed by atoms with Crippen molar-refractivity contribution in [1.29, 1.82) is 0 Å². The fourth-order valence-corrected chi connectivity index (χ4v) is 3.38. The zero-order valence-corrected chi connectivity index (χ0v) is 11.9. The van der Waals surface area contributed by atoms with Gasteiger partial charge in [-0.05, 0) is 37.5 Å². The number of hydrogen-bond acceptors (Lipinski definition) is 3. The van der Waals surface area contributed by atoms with Crippen LogP contribution in [0.5, 0.6) is 0 Å². The van der Waals surface area contributed by atoms with Gasteiger partial charge >= 0.3 is 0 Å². The van der Waals surface area contributed by atoms with Crippen molar-refractivity contribution in [2.24, 2.45) is 17.6 Å². The van der Waals surface area contributed by atoms with E-state index in [-0.39, 0.29) is 11.9 Å². The number of nitrogens with one attached hydrogen (secondary N) is 1. The lowest BCUT2D eigenvalue weighted by Gasteiger charge is -2.31. The van der Waals surface area contributed by atoms with E-state index in [0.29, 0.717) is 24.8 Å². The molecule has 4 heteroatoms. The molecule has 110 valence electrons. The molecule has 1 atom stereocenters. The predicted octanol–water partition coefficient (Wildman–Crippen LogP) is 1.83. The molecular formula is C15H28N2O2. The Balaban J connectivity index is 1.74. The lowest BCUT2D eigenvalue weighted by Crippen LogP contribution is -2.46. The highest BCUT2D eigenvalue weighted by Crippen LogP contribution is 2.26. The summed E-state index contributed by atoms with van der Waals surface area (Å²) >= 11 is 0. The van der Waals surface area contributed by atoms with Crippen LogP contribution in [0.15, 0.2) is 0 Å². The van der Waals surface area contributed by atoms with Gasteiger partial charge in [-0.3, -0.25) is 4.79 Å². The van der Waals surface area contributed by atoms with Gasteiger partial charge in [-0.1, -0.05) is 19.3 Å². The van der Waals surface area contributed by atoms with Crippen LogP contribution < -0.4 is 11.1 Å². The van der Waals surface area contributed by atoms with E-state index in [1.54, 1.807) is 0 Å². The van der Waals surface area contributed by atoms with E-state index in [1.165, 1.54) is 32.1 Å². The lowest BCUT2D eigenvalue weighted by molar-refractivity contribution is -0.123. The maximum Gasteiger partial charge on any atom is 0.220 e. The molecule has 0 aromatic rings. The van der Waals surface area contributed by atoms with Gasteiger partial charge < -0.3 is 15.8 Å². The Morgan fingerprint density at radius 1 is 1.16 bits per heavy atom. The summed E-state index contributed by atoms with van der Waals surface area (Å²) in [6.07, 6.45) is 9.04. The Kier molecular flexibility index (Phi) is 6.11. The fourth-order valence-electron chi connectivity index (χ4n) is 3.38. The minimum absolute atomic E-state index is 0.188. The number of carbonyl (C=O) groups excluding carboxylic acids is 1. The van der Waals surface area contributed by atoms with Crippen LogP contribution in [0.2, 0.25) is 0 Å². The summed E-state index contributed by atoms with van der Waals surface area (Å²) in [5, 5.41) is 3.18. The van der Waals surface area contributed by atoms with Crippen LogP contribution in [-0.2, 0) is 9.53 Å². The zero-order chi connectivity index (χ0) is 13.5. The molecule has 1 saturated carbocycles. The summed E-state index contributed by atoms with van der Waals surface area (Å²) in [4.78, 5) is 12.1. The average molecular weight is 268 g/mol. The van der Waals surface area contributed by atoms with Crippen LogP contribution in [0.25, 0.3) is 0 Å². The summed E-state index contributed by atoms with van der Waals surface area (Å²) in [5.74, 6) is 1.28. The predicted molar refractivity (Wildman–Crippen MR) is 75.7 cm³/mol. The van der Waals surface area contributed by atoms with Gasteiger partial charge in [0, 0.05) is 32.2 Å². The molecular weight excluding hydrogens is 240 g/mol. The molecule has 1 heterocycles. The van der Waals surface area contributed by atoms with Gasteiger partial charge in [0.05, 0.1) is 0 Å². The molecule has 2 rings (SSSR count). The second-order valence-corrected chi connectivity index (χ2v) is 6.07. The van der Waals surface area contributed by atoms with E-state index in [2.05, 4.69) is 5.32 Å². The number of carbonyl (C=O) groups is 1. The third kappa shape index (κ3) is 4.77. The van der Waals surface area contributed by atoms with E-state index < -0.39 is 0 Å². The van der Waals surface area contributed by atoms with Gasteiger partial charge in [0.25, 0.3) is 0 Å². The summed E-state index contributed by atoms with van der Waals surface area (Å²) < 4.78 is 5.33. The van der Waals surface area contributed by atoms with Crippen LogP contribution >= 0.6 is 0 Å². The molecule has 0 bridgehead atoms. The minimum atomic E-state index is 0.188. The maximum absolute atomic E-state index is 12.1. The van der Waals surface area contributed by atoms with Crippen LogP contribution in [0, 0.1) is 11.8 Å². The van der Waals surface area contributed by atoms with Crippen LogP contribution in [-0.4, -0.2) is 31.7 Å². The standard InChI is InChI=1S/C15H28N2O2/c16-11-14(13-4-2-1-3-5-13)17-15(18)10-12-6-8-19-9-7-12/h12-14H,1-11,16H2,(H,17,18). The molecule has 3 N–H and O–H groups in total. The molecule has 0 aromatic heterocycles. The van der Waals surface area contributed by atoms with Crippen LogP contribution in [0.1, 0.15) is 51.4 Å². The third-order valence-corrected chi connectivity index (χ3v) is 4.63. The molecule has 0 spiro atoms. The van der Waals surface area contributed by atoms with Gasteiger partial charge in [0.1, 0.15) is 0 Å². The Morgan fingerprint density at radius 3 is 2.47 bits per heavy atom. The largest absolute Gasteiger partial charge is 0.381 e. The molecule has 2 fully saturated rings. The van der Waals surface area contributed by atoms with Crippen molar-refractivity contribution in [2.75, 3.05) is 19.8 Å². The van der Waals surface area contributed by atoms with Gasteiger partial charge in [-0.25, -0.2) is 0 Å². The molecule has 1 unspecified atom stereocenters. The molecule has 1 aliphatic heterocycles. The van der Waals surface area contributed by atoms with E-state index >= 15 is 0 Å². The number of nitrogens with two attached hydrogens (primary N) is 1. The smallest absolute Gasteiger partial charge is 0.220 e. The Bertz CT molecular complexity index is 271. The van der Waals surface area contributed by atoms with Crippen molar-refractivity contribution < 1.29 is 9.53 Å². The van der Waals surface area contributed by atoms with Crippen LogP contribution in [0.3, 0.4) is 0 Å². The highest BCUT2D eigenvalue weighted by molar-refractivity contribution is 5.76. The molecule has 4 nitrogen and oxygen atoms in total. The summed E-state index contributed by atoms with van der Waals surface area (Å²) in [6, 6.07) is 0.188. The molecule has 1 amide bonds. The first-order valence-electron chi connectivity index (χ1n) is 7.86. The first-order valence-corrected chi connectivity index (χ1v) is 7.86. The summed E-state index contributed by atoms with van der Waals surface area (Å²) in [7, 11) is 0. The highest BCUT2D eigenvalue weighted by atomic mass is 16.5. The number of amides is 1. The monoisotopic (exact) mass is 268 g/mol. The first kappa shape index (κ1) is 14.8. The van der Waals surface area contributed by atoms with E-state index in [4.69, 9.17) is 10.5 Å². The summed E-state index contributed by atoms with van der Waals surface area (Å²) in [6.45, 7) is 2.19. The fraction of sp³-hybridized carbons (Fsp3) is 0.933. The van der Waals surface area contributed by atoms with Crippen molar-refractivity contribution in [1.82, 2.24) is 5.32 Å². The Hall–Kier alpha value is -0.610. The Morgan fingerprint density at radius 2 is 1.84 bits per heavy atom. The Labute approximate surface area is 116 Å². The van der Waals surface area contributed by atoms with Crippen molar-refractivity contribution in [3.05, 3.63) is 0 Å². The van der Waals surface area contributed by atoms with Crippen molar-refractivity contribution in [3.63, 3.8) is 0 Å². The van der Waals surface area contributed by atoms with Crippen molar-refractivity contribution in [3.8, 4) is 0 Å². The second-order valence-electron chi connectivity index (χ2n) is 6.07. The molecule has 0 aromatic carbocycles. The van der Waals surface area contributed by atoms with E-state index in [1.807, 2.05) is 0 Å². The van der Waals surface area contributed by atoms with E-state index in [0.717, 1.165) is 26.1 Å². The first-order chi connectivity index (χ1) is 9.29. The molecule has 0 radical (unpaired) electrons. The zero-order valence-electron chi connectivity index (χ0n) is 11.9. The van der Waals surface area contributed by atoms with Crippen molar-refractivity contribution in [2.45, 2.75) is 57.4 Å². The van der Waals surface area contributed by atoms with Gasteiger partial charge in [0.15, 0.2) is 0 Å². The maximum atomic E-state index is 12.1. The quantitative estimate of drug-likeness (QED) is 0.799. The van der Waals surface area contributed by atoms with Gasteiger partial charge in [-0.2, -0.15) is 0 Å². The molecule has 1 saturated heterocycles. The third-order valence-electron chi connectivity index (χ3n) is 4.63. The summed E-state index contributed by atoms with van der Waals surface area (Å²) in [5.41, 5.74) is 5.85. The average Bonchev–Trinajstić information content (AvgIpc) is 2.47. The topological polar surface area (TPSA) is 64.3 Å².